The molecule has 3 aromatic rings. The SMILES string of the molecule is COc1ccc(-c2nc3ccc(C)cn3c2N)cc1F. The first kappa shape index (κ1) is 12.5. The molecule has 0 aliphatic carbocycles. The minimum absolute atomic E-state index is 0.201. The van der Waals surface area contributed by atoms with Crippen LogP contribution in [0, 0.1) is 12.7 Å². The van der Waals surface area contributed by atoms with Crippen LogP contribution in [-0.4, -0.2) is 16.5 Å². The highest BCUT2D eigenvalue weighted by Crippen LogP contribution is 2.29. The van der Waals surface area contributed by atoms with Crippen LogP contribution in [0.4, 0.5) is 10.2 Å². The summed E-state index contributed by atoms with van der Waals surface area (Å²) in [7, 11) is 1.43. The predicted molar refractivity (Wildman–Crippen MR) is 76.3 cm³/mol. The topological polar surface area (TPSA) is 52.5 Å². The summed E-state index contributed by atoms with van der Waals surface area (Å²) in [6, 6.07) is 8.53. The van der Waals surface area contributed by atoms with E-state index >= 15 is 0 Å². The van der Waals surface area contributed by atoms with Gasteiger partial charge in [0, 0.05) is 11.8 Å². The highest BCUT2D eigenvalue weighted by molar-refractivity contribution is 5.75. The number of pyridine rings is 1. The van der Waals surface area contributed by atoms with Gasteiger partial charge in [-0.05, 0) is 36.8 Å². The number of nitrogens with zero attached hydrogens (tertiary/aromatic N) is 2. The molecule has 2 aromatic heterocycles. The quantitative estimate of drug-likeness (QED) is 0.779. The van der Waals surface area contributed by atoms with Gasteiger partial charge < -0.3 is 10.5 Å². The summed E-state index contributed by atoms with van der Waals surface area (Å²) < 4.78 is 20.5. The number of halogens is 1. The molecule has 2 N–H and O–H groups in total. The summed E-state index contributed by atoms with van der Waals surface area (Å²) in [6.07, 6.45) is 1.90. The Hall–Kier alpha value is -2.56. The smallest absolute Gasteiger partial charge is 0.165 e. The molecule has 2 heterocycles. The lowest BCUT2D eigenvalue weighted by Gasteiger charge is -2.04. The fraction of sp³-hybridized carbons (Fsp3) is 0.133. The fourth-order valence-electron chi connectivity index (χ4n) is 2.20. The van der Waals surface area contributed by atoms with Gasteiger partial charge in [0.15, 0.2) is 11.6 Å². The van der Waals surface area contributed by atoms with Crippen molar-refractivity contribution in [1.29, 1.82) is 0 Å². The van der Waals surface area contributed by atoms with Crippen LogP contribution in [0.5, 0.6) is 5.75 Å². The van der Waals surface area contributed by atoms with Crippen LogP contribution < -0.4 is 10.5 Å². The van der Waals surface area contributed by atoms with Crippen LogP contribution in [0.3, 0.4) is 0 Å². The first-order valence-electron chi connectivity index (χ1n) is 6.18. The van der Waals surface area contributed by atoms with Gasteiger partial charge in [-0.2, -0.15) is 0 Å². The fourth-order valence-corrected chi connectivity index (χ4v) is 2.20. The lowest BCUT2D eigenvalue weighted by atomic mass is 10.1. The van der Waals surface area contributed by atoms with E-state index < -0.39 is 5.82 Å². The van der Waals surface area contributed by atoms with E-state index in [-0.39, 0.29) is 5.75 Å². The monoisotopic (exact) mass is 271 g/mol. The highest BCUT2D eigenvalue weighted by Gasteiger charge is 2.13. The summed E-state index contributed by atoms with van der Waals surface area (Å²) >= 11 is 0. The molecule has 0 aliphatic rings. The molecule has 1 aromatic carbocycles. The maximum Gasteiger partial charge on any atom is 0.165 e. The molecule has 102 valence electrons. The van der Waals surface area contributed by atoms with E-state index in [1.54, 1.807) is 16.5 Å². The molecule has 0 saturated carbocycles. The Bertz CT molecular complexity index is 795. The largest absolute Gasteiger partial charge is 0.494 e. The second-order valence-corrected chi connectivity index (χ2v) is 4.63. The summed E-state index contributed by atoms with van der Waals surface area (Å²) in [5, 5.41) is 0. The van der Waals surface area contributed by atoms with Crippen LogP contribution >= 0.6 is 0 Å². The van der Waals surface area contributed by atoms with Crippen molar-refractivity contribution in [3.05, 3.63) is 47.9 Å². The van der Waals surface area contributed by atoms with Crippen molar-refractivity contribution < 1.29 is 9.13 Å². The van der Waals surface area contributed by atoms with Crippen LogP contribution in [0.2, 0.25) is 0 Å². The Balaban J connectivity index is 2.19. The molecule has 20 heavy (non-hydrogen) atoms. The normalized spacial score (nSPS) is 10.9. The summed E-state index contributed by atoms with van der Waals surface area (Å²) in [5.74, 6) is 0.262. The number of nitrogens with two attached hydrogens (primary N) is 1. The molecule has 0 fully saturated rings. The van der Waals surface area contributed by atoms with Crippen molar-refractivity contribution in [2.75, 3.05) is 12.8 Å². The number of aryl methyl sites for hydroxylation is 1. The number of rotatable bonds is 2. The number of ether oxygens (including phenoxy) is 1. The Labute approximate surface area is 115 Å². The van der Waals surface area contributed by atoms with E-state index in [1.807, 2.05) is 25.3 Å². The van der Waals surface area contributed by atoms with E-state index in [9.17, 15) is 4.39 Å². The number of benzene rings is 1. The van der Waals surface area contributed by atoms with E-state index in [1.165, 1.54) is 13.2 Å². The zero-order valence-electron chi connectivity index (χ0n) is 11.2. The van der Waals surface area contributed by atoms with Gasteiger partial charge in [-0.1, -0.05) is 6.07 Å². The molecule has 0 amide bonds. The molecule has 4 nitrogen and oxygen atoms in total. The molecule has 5 heteroatoms. The van der Waals surface area contributed by atoms with Gasteiger partial charge in [0.25, 0.3) is 0 Å². The molecular formula is C15H14FN3O. The molecule has 0 saturated heterocycles. The molecule has 0 unspecified atom stereocenters. The lowest BCUT2D eigenvalue weighted by molar-refractivity contribution is 0.386. The van der Waals surface area contributed by atoms with E-state index in [0.717, 1.165) is 11.2 Å². The minimum atomic E-state index is -0.433. The third-order valence-corrected chi connectivity index (χ3v) is 3.23. The summed E-state index contributed by atoms with van der Waals surface area (Å²) in [4.78, 5) is 4.45. The molecular weight excluding hydrogens is 257 g/mol. The van der Waals surface area contributed by atoms with Crippen LogP contribution in [-0.2, 0) is 0 Å². The Kier molecular flexibility index (Phi) is 2.82. The van der Waals surface area contributed by atoms with Crippen LogP contribution in [0.15, 0.2) is 36.5 Å². The Morgan fingerprint density at radius 3 is 2.75 bits per heavy atom. The van der Waals surface area contributed by atoms with Gasteiger partial charge in [0.1, 0.15) is 17.2 Å². The second kappa shape index (κ2) is 4.52. The lowest BCUT2D eigenvalue weighted by Crippen LogP contribution is -1.95. The molecule has 0 bridgehead atoms. The number of methoxy groups -OCH3 is 1. The van der Waals surface area contributed by atoms with Crippen molar-refractivity contribution >= 4 is 11.5 Å². The van der Waals surface area contributed by atoms with Crippen molar-refractivity contribution in [2.24, 2.45) is 0 Å². The third kappa shape index (κ3) is 1.87. The molecule has 3 rings (SSSR count). The van der Waals surface area contributed by atoms with Crippen molar-refractivity contribution in [3.8, 4) is 17.0 Å². The number of nitrogen functional groups attached to an aromatic ring is 1. The number of hydrogen-bond donors (Lipinski definition) is 1. The van der Waals surface area contributed by atoms with Crippen molar-refractivity contribution in [2.45, 2.75) is 6.92 Å². The molecule has 0 aliphatic heterocycles. The van der Waals surface area contributed by atoms with E-state index in [4.69, 9.17) is 10.5 Å². The average Bonchev–Trinajstić information content (AvgIpc) is 2.76. The Morgan fingerprint density at radius 2 is 2.05 bits per heavy atom. The number of aromatic nitrogens is 2. The Morgan fingerprint density at radius 1 is 1.25 bits per heavy atom. The molecule has 0 atom stereocenters. The van der Waals surface area contributed by atoms with Crippen molar-refractivity contribution in [1.82, 2.24) is 9.38 Å². The van der Waals surface area contributed by atoms with Crippen LogP contribution in [0.25, 0.3) is 16.9 Å². The first-order chi connectivity index (χ1) is 9.60. The third-order valence-electron chi connectivity index (χ3n) is 3.23. The van der Waals surface area contributed by atoms with Gasteiger partial charge in [-0.15, -0.1) is 0 Å². The average molecular weight is 271 g/mol. The predicted octanol–water partition coefficient (Wildman–Crippen LogP) is 3.04. The maximum absolute atomic E-state index is 13.8. The number of anilines is 1. The second-order valence-electron chi connectivity index (χ2n) is 4.63. The zero-order valence-corrected chi connectivity index (χ0v) is 11.2. The van der Waals surface area contributed by atoms with E-state index in [2.05, 4.69) is 4.98 Å². The summed E-state index contributed by atoms with van der Waals surface area (Å²) in [6.45, 7) is 1.98. The number of fused-ring (bicyclic) bond motifs is 1. The van der Waals surface area contributed by atoms with Crippen LogP contribution in [0.1, 0.15) is 5.56 Å². The van der Waals surface area contributed by atoms with Crippen molar-refractivity contribution in [3.63, 3.8) is 0 Å². The van der Waals surface area contributed by atoms with Gasteiger partial charge in [0.05, 0.1) is 7.11 Å². The van der Waals surface area contributed by atoms with Gasteiger partial charge in [-0.3, -0.25) is 4.40 Å². The van der Waals surface area contributed by atoms with Gasteiger partial charge >= 0.3 is 0 Å². The molecule has 0 spiro atoms. The number of hydrogen-bond acceptors (Lipinski definition) is 3. The summed E-state index contributed by atoms with van der Waals surface area (Å²) in [5.41, 5.74) is 9.11. The van der Waals surface area contributed by atoms with Gasteiger partial charge in [-0.25, -0.2) is 9.37 Å². The first-order valence-corrected chi connectivity index (χ1v) is 6.18. The standard InChI is InChI=1S/C15H14FN3O/c1-9-3-6-13-18-14(15(17)19(13)8-9)10-4-5-12(20-2)11(16)7-10/h3-8H,17H2,1-2H3. The molecule has 0 radical (unpaired) electrons. The van der Waals surface area contributed by atoms with E-state index in [0.29, 0.717) is 17.1 Å². The maximum atomic E-state index is 13.8. The zero-order chi connectivity index (χ0) is 14.3. The van der Waals surface area contributed by atoms with Gasteiger partial charge in [0.2, 0.25) is 0 Å². The minimum Gasteiger partial charge on any atom is -0.494 e. The number of imidazole rings is 1. The highest BCUT2D eigenvalue weighted by atomic mass is 19.1.